The summed E-state index contributed by atoms with van der Waals surface area (Å²) in [5.41, 5.74) is 1.76. The fourth-order valence-electron chi connectivity index (χ4n) is 2.24. The zero-order valence-corrected chi connectivity index (χ0v) is 14.2. The van der Waals surface area contributed by atoms with Crippen molar-refractivity contribution in [3.8, 4) is 10.6 Å². The third kappa shape index (κ3) is 3.72. The molecule has 4 nitrogen and oxygen atoms in total. The van der Waals surface area contributed by atoms with Gasteiger partial charge in [-0.1, -0.05) is 30.3 Å². The summed E-state index contributed by atoms with van der Waals surface area (Å²) < 4.78 is 0. The number of aliphatic hydroxyl groups excluding tert-OH is 1. The van der Waals surface area contributed by atoms with Gasteiger partial charge in [0.2, 0.25) is 0 Å². The second-order valence-electron chi connectivity index (χ2n) is 5.70. The highest BCUT2D eigenvalue weighted by Crippen LogP contribution is 2.29. The minimum atomic E-state index is -0.548. The molecule has 2 aromatic rings. The molecule has 0 saturated heterocycles. The minimum absolute atomic E-state index is 0.0313. The number of hydrogen-bond donors (Lipinski definition) is 1. The maximum absolute atomic E-state index is 12.8. The zero-order chi connectivity index (χ0) is 16.3. The van der Waals surface area contributed by atoms with E-state index >= 15 is 0 Å². The predicted octanol–water partition coefficient (Wildman–Crippen LogP) is 3.35. The quantitative estimate of drug-likeness (QED) is 0.920. The van der Waals surface area contributed by atoms with E-state index < -0.39 is 6.10 Å². The lowest BCUT2D eigenvalue weighted by Gasteiger charge is -2.27. The minimum Gasteiger partial charge on any atom is -0.392 e. The first kappa shape index (κ1) is 16.6. The Morgan fingerprint density at radius 1 is 1.27 bits per heavy atom. The fourth-order valence-corrected chi connectivity index (χ4v) is 3.27. The van der Waals surface area contributed by atoms with Gasteiger partial charge in [-0.05, 0) is 27.7 Å². The molecule has 1 unspecified atom stereocenters. The van der Waals surface area contributed by atoms with Crippen LogP contribution in [0.1, 0.15) is 36.1 Å². The average Bonchev–Trinajstić information content (AvgIpc) is 2.86. The molecule has 0 aliphatic carbocycles. The van der Waals surface area contributed by atoms with Crippen LogP contribution in [0.5, 0.6) is 0 Å². The van der Waals surface area contributed by atoms with E-state index in [4.69, 9.17) is 0 Å². The summed E-state index contributed by atoms with van der Waals surface area (Å²) in [5, 5.41) is 10.5. The van der Waals surface area contributed by atoms with Gasteiger partial charge in [0.1, 0.15) is 9.88 Å². The van der Waals surface area contributed by atoms with Crippen LogP contribution >= 0.6 is 11.3 Å². The molecule has 0 spiro atoms. The van der Waals surface area contributed by atoms with Crippen molar-refractivity contribution < 1.29 is 9.90 Å². The fraction of sp³-hybridized carbons (Fsp3) is 0.412. The molecule has 0 bridgehead atoms. The van der Waals surface area contributed by atoms with Gasteiger partial charge in [0, 0.05) is 18.2 Å². The molecule has 22 heavy (non-hydrogen) atoms. The number of amides is 1. The van der Waals surface area contributed by atoms with Gasteiger partial charge in [0.25, 0.3) is 5.91 Å². The first-order chi connectivity index (χ1) is 10.4. The first-order valence-corrected chi connectivity index (χ1v) is 8.23. The predicted molar refractivity (Wildman–Crippen MR) is 90.1 cm³/mol. The maximum atomic E-state index is 12.8. The van der Waals surface area contributed by atoms with Crippen LogP contribution in [-0.2, 0) is 0 Å². The Morgan fingerprint density at radius 2 is 1.91 bits per heavy atom. The Hall–Kier alpha value is -1.72. The normalized spacial score (nSPS) is 12.5. The van der Waals surface area contributed by atoms with Crippen LogP contribution in [0.3, 0.4) is 0 Å². The molecule has 118 valence electrons. The van der Waals surface area contributed by atoms with E-state index in [1.54, 1.807) is 11.8 Å². The van der Waals surface area contributed by atoms with Gasteiger partial charge in [0.05, 0.1) is 11.8 Å². The Kier molecular flexibility index (Phi) is 5.32. The standard InChI is InChI=1S/C17H22N2O2S/c1-11(2)19(10-12(3)20)17(21)15-13(4)18-16(22-15)14-8-6-5-7-9-14/h5-9,11-12,20H,10H2,1-4H3. The highest BCUT2D eigenvalue weighted by atomic mass is 32.1. The molecule has 5 heteroatoms. The van der Waals surface area contributed by atoms with Gasteiger partial charge in [-0.3, -0.25) is 4.79 Å². The van der Waals surface area contributed by atoms with Crippen molar-refractivity contribution in [2.75, 3.05) is 6.54 Å². The molecule has 1 aromatic carbocycles. The monoisotopic (exact) mass is 318 g/mol. The van der Waals surface area contributed by atoms with Gasteiger partial charge in [-0.15, -0.1) is 11.3 Å². The lowest BCUT2D eigenvalue weighted by molar-refractivity contribution is 0.0582. The van der Waals surface area contributed by atoms with Crippen LogP contribution in [0.2, 0.25) is 0 Å². The second-order valence-corrected chi connectivity index (χ2v) is 6.70. The number of hydrogen-bond acceptors (Lipinski definition) is 4. The Morgan fingerprint density at radius 3 is 2.45 bits per heavy atom. The zero-order valence-electron chi connectivity index (χ0n) is 13.4. The molecule has 1 heterocycles. The van der Waals surface area contributed by atoms with Crippen molar-refractivity contribution in [1.82, 2.24) is 9.88 Å². The van der Waals surface area contributed by atoms with Crippen molar-refractivity contribution in [3.05, 3.63) is 40.9 Å². The topological polar surface area (TPSA) is 53.4 Å². The smallest absolute Gasteiger partial charge is 0.266 e. The molecule has 1 aromatic heterocycles. The Bertz CT molecular complexity index is 635. The number of aryl methyl sites for hydroxylation is 1. The van der Waals surface area contributed by atoms with Gasteiger partial charge in [0.15, 0.2) is 0 Å². The lowest BCUT2D eigenvalue weighted by atomic mass is 10.2. The summed E-state index contributed by atoms with van der Waals surface area (Å²) in [4.78, 5) is 19.6. The summed E-state index contributed by atoms with van der Waals surface area (Å²) in [6.45, 7) is 7.78. The number of rotatable bonds is 5. The number of aliphatic hydroxyl groups is 1. The second kappa shape index (κ2) is 7.03. The van der Waals surface area contributed by atoms with E-state index in [1.807, 2.05) is 51.1 Å². The molecule has 0 radical (unpaired) electrons. The van der Waals surface area contributed by atoms with E-state index in [0.717, 1.165) is 16.3 Å². The van der Waals surface area contributed by atoms with Crippen LogP contribution in [0.25, 0.3) is 10.6 Å². The molecular formula is C17H22N2O2S. The van der Waals surface area contributed by atoms with Crippen molar-refractivity contribution in [2.24, 2.45) is 0 Å². The summed E-state index contributed by atoms with van der Waals surface area (Å²) in [7, 11) is 0. The third-order valence-electron chi connectivity index (χ3n) is 3.36. The number of benzene rings is 1. The SMILES string of the molecule is Cc1nc(-c2ccccc2)sc1C(=O)N(CC(C)O)C(C)C. The summed E-state index contributed by atoms with van der Waals surface area (Å²) in [6.07, 6.45) is -0.548. The maximum Gasteiger partial charge on any atom is 0.266 e. The highest BCUT2D eigenvalue weighted by molar-refractivity contribution is 7.17. The van der Waals surface area contributed by atoms with Crippen LogP contribution in [0, 0.1) is 6.92 Å². The molecule has 0 aliphatic heterocycles. The van der Waals surface area contributed by atoms with Gasteiger partial charge >= 0.3 is 0 Å². The lowest BCUT2D eigenvalue weighted by Crippen LogP contribution is -2.41. The van der Waals surface area contributed by atoms with Crippen molar-refractivity contribution in [3.63, 3.8) is 0 Å². The van der Waals surface area contributed by atoms with Gasteiger partial charge in [-0.2, -0.15) is 0 Å². The Balaban J connectivity index is 2.32. The molecule has 0 fully saturated rings. The highest BCUT2D eigenvalue weighted by Gasteiger charge is 2.24. The van der Waals surface area contributed by atoms with E-state index in [2.05, 4.69) is 4.98 Å². The molecule has 0 saturated carbocycles. The van der Waals surface area contributed by atoms with E-state index in [9.17, 15) is 9.90 Å². The van der Waals surface area contributed by atoms with Crippen LogP contribution in [0.15, 0.2) is 30.3 Å². The molecule has 1 atom stereocenters. The van der Waals surface area contributed by atoms with Crippen LogP contribution in [0.4, 0.5) is 0 Å². The molecular weight excluding hydrogens is 296 g/mol. The molecule has 1 amide bonds. The van der Waals surface area contributed by atoms with Crippen molar-refractivity contribution in [1.29, 1.82) is 0 Å². The molecule has 2 rings (SSSR count). The average molecular weight is 318 g/mol. The third-order valence-corrected chi connectivity index (χ3v) is 4.55. The van der Waals surface area contributed by atoms with Gasteiger partial charge in [-0.25, -0.2) is 4.98 Å². The molecule has 0 aliphatic rings. The summed E-state index contributed by atoms with van der Waals surface area (Å²) in [5.74, 6) is -0.0620. The van der Waals surface area contributed by atoms with E-state index in [-0.39, 0.29) is 11.9 Å². The number of thiazole rings is 1. The van der Waals surface area contributed by atoms with Gasteiger partial charge < -0.3 is 10.0 Å². The van der Waals surface area contributed by atoms with Crippen molar-refractivity contribution in [2.45, 2.75) is 39.8 Å². The number of carbonyl (C=O) groups excluding carboxylic acids is 1. The molecule has 1 N–H and O–H groups in total. The van der Waals surface area contributed by atoms with Crippen LogP contribution < -0.4 is 0 Å². The first-order valence-electron chi connectivity index (χ1n) is 7.42. The largest absolute Gasteiger partial charge is 0.392 e. The Labute approximate surface area is 135 Å². The summed E-state index contributed by atoms with van der Waals surface area (Å²) in [6, 6.07) is 9.89. The number of carbonyl (C=O) groups is 1. The number of aromatic nitrogens is 1. The van der Waals surface area contributed by atoms with Crippen LogP contribution in [-0.4, -0.2) is 39.6 Å². The van der Waals surface area contributed by atoms with E-state index in [1.165, 1.54) is 11.3 Å². The van der Waals surface area contributed by atoms with E-state index in [0.29, 0.717) is 11.4 Å². The van der Waals surface area contributed by atoms with Crippen molar-refractivity contribution >= 4 is 17.2 Å². The summed E-state index contributed by atoms with van der Waals surface area (Å²) >= 11 is 1.41. The number of nitrogens with zero attached hydrogens (tertiary/aromatic N) is 2.